The number of nitrogens with zero attached hydrogens (tertiary/aromatic N) is 2. The second kappa shape index (κ2) is 8.26. The number of carbonyl (C=O) groups is 1. The van der Waals surface area contributed by atoms with Crippen molar-refractivity contribution in [3.05, 3.63) is 71.5 Å². The topological polar surface area (TPSA) is 76.7 Å². The Balaban J connectivity index is 1.33. The van der Waals surface area contributed by atoms with Crippen molar-refractivity contribution in [2.45, 2.75) is 19.1 Å². The number of nitrogens with one attached hydrogen (secondary N) is 1. The summed E-state index contributed by atoms with van der Waals surface area (Å²) >= 11 is 0. The Kier molecular flexibility index (Phi) is 5.37. The summed E-state index contributed by atoms with van der Waals surface area (Å²) in [5.41, 5.74) is 2.23. The van der Waals surface area contributed by atoms with Gasteiger partial charge in [-0.1, -0.05) is 30.3 Å². The number of aromatic nitrogens is 2. The highest BCUT2D eigenvalue weighted by Gasteiger charge is 2.26. The van der Waals surface area contributed by atoms with E-state index in [0.29, 0.717) is 29.4 Å². The Hall–Kier alpha value is -3.48. The van der Waals surface area contributed by atoms with Crippen molar-refractivity contribution in [1.29, 1.82) is 0 Å². The highest BCUT2D eigenvalue weighted by atomic mass is 16.5. The molecule has 150 valence electrons. The molecule has 1 aromatic heterocycles. The van der Waals surface area contributed by atoms with E-state index in [0.717, 1.165) is 12.2 Å². The molecule has 0 fully saturated rings. The minimum atomic E-state index is -0.163. The van der Waals surface area contributed by atoms with Crippen LogP contribution < -0.4 is 14.2 Å². The number of methoxy groups -OCH3 is 1. The van der Waals surface area contributed by atoms with Crippen LogP contribution in [0.1, 0.15) is 21.7 Å². The van der Waals surface area contributed by atoms with Gasteiger partial charge in [0.05, 0.1) is 19.3 Å². The second-order valence-corrected chi connectivity index (χ2v) is 6.96. The molecule has 0 spiro atoms. The smallest absolute Gasteiger partial charge is 0.274 e. The van der Waals surface area contributed by atoms with Gasteiger partial charge in [0.25, 0.3) is 5.91 Å². The van der Waals surface area contributed by atoms with Gasteiger partial charge in [0, 0.05) is 13.5 Å². The fraction of sp³-hybridized carbons (Fsp3) is 0.273. The fourth-order valence-corrected chi connectivity index (χ4v) is 3.38. The van der Waals surface area contributed by atoms with Crippen molar-refractivity contribution in [3.63, 3.8) is 0 Å². The molecule has 1 aliphatic rings. The Labute approximate surface area is 169 Å². The Bertz CT molecular complexity index is 976. The largest absolute Gasteiger partial charge is 0.493 e. The molecule has 2 aromatic carbocycles. The molecule has 2 heterocycles. The fourth-order valence-electron chi connectivity index (χ4n) is 3.38. The molecule has 4 rings (SSSR count). The third kappa shape index (κ3) is 4.18. The molecule has 1 aliphatic heterocycles. The van der Waals surface area contributed by atoms with Crippen molar-refractivity contribution in [2.24, 2.45) is 0 Å². The molecular weight excluding hydrogens is 370 g/mol. The SMILES string of the molecule is COc1ccccc1OCc1cc(C(=O)N(C)C[C@H]2Cc3ccccc3O2)n[nH]1. The van der Waals surface area contributed by atoms with Crippen molar-refractivity contribution in [3.8, 4) is 17.2 Å². The molecule has 1 N–H and O–H groups in total. The first kappa shape index (κ1) is 18.9. The van der Waals surface area contributed by atoms with Crippen LogP contribution in [0, 0.1) is 0 Å². The molecule has 1 amide bonds. The van der Waals surface area contributed by atoms with Gasteiger partial charge in [0.15, 0.2) is 17.2 Å². The molecular formula is C22H23N3O4. The van der Waals surface area contributed by atoms with E-state index in [-0.39, 0.29) is 18.6 Å². The van der Waals surface area contributed by atoms with Crippen LogP contribution in [0.5, 0.6) is 17.2 Å². The Morgan fingerprint density at radius 1 is 1.21 bits per heavy atom. The number of hydrogen-bond donors (Lipinski definition) is 1. The standard InChI is InChI=1S/C22H23N3O4/c1-25(13-17-11-15-7-3-4-8-19(15)29-17)22(26)18-12-16(23-24-18)14-28-21-10-6-5-9-20(21)27-2/h3-10,12,17H,11,13-14H2,1-2H3,(H,23,24)/t17-/m1/s1. The van der Waals surface area contributed by atoms with Gasteiger partial charge < -0.3 is 19.1 Å². The van der Waals surface area contributed by atoms with Crippen molar-refractivity contribution < 1.29 is 19.0 Å². The summed E-state index contributed by atoms with van der Waals surface area (Å²) < 4.78 is 17.0. The maximum absolute atomic E-state index is 12.7. The zero-order valence-electron chi connectivity index (χ0n) is 16.4. The number of ether oxygens (including phenoxy) is 3. The zero-order chi connectivity index (χ0) is 20.2. The summed E-state index contributed by atoms with van der Waals surface area (Å²) in [5.74, 6) is 2.02. The van der Waals surface area contributed by atoms with Crippen LogP contribution in [-0.2, 0) is 13.0 Å². The van der Waals surface area contributed by atoms with Crippen molar-refractivity contribution in [2.75, 3.05) is 20.7 Å². The third-order valence-corrected chi connectivity index (χ3v) is 4.84. The molecule has 0 radical (unpaired) electrons. The molecule has 7 nitrogen and oxygen atoms in total. The van der Waals surface area contributed by atoms with E-state index < -0.39 is 0 Å². The van der Waals surface area contributed by atoms with Crippen LogP contribution in [0.15, 0.2) is 54.6 Å². The van der Waals surface area contributed by atoms with E-state index in [2.05, 4.69) is 16.3 Å². The molecule has 7 heteroatoms. The normalized spacial score (nSPS) is 14.8. The molecule has 0 saturated heterocycles. The number of para-hydroxylation sites is 3. The van der Waals surface area contributed by atoms with Gasteiger partial charge in [0.2, 0.25) is 0 Å². The average Bonchev–Trinajstić information content (AvgIpc) is 3.38. The monoisotopic (exact) mass is 393 g/mol. The first-order valence-electron chi connectivity index (χ1n) is 9.44. The maximum atomic E-state index is 12.7. The van der Waals surface area contributed by atoms with Crippen LogP contribution in [0.4, 0.5) is 0 Å². The lowest BCUT2D eigenvalue weighted by atomic mass is 10.1. The lowest BCUT2D eigenvalue weighted by Gasteiger charge is -2.20. The number of fused-ring (bicyclic) bond motifs is 1. The number of benzene rings is 2. The first-order chi connectivity index (χ1) is 14.1. The molecule has 3 aromatic rings. The van der Waals surface area contributed by atoms with Gasteiger partial charge in [-0.2, -0.15) is 5.10 Å². The number of hydrogen-bond acceptors (Lipinski definition) is 5. The number of rotatable bonds is 7. The third-order valence-electron chi connectivity index (χ3n) is 4.84. The maximum Gasteiger partial charge on any atom is 0.274 e. The summed E-state index contributed by atoms with van der Waals surface area (Å²) in [4.78, 5) is 14.4. The number of H-pyrrole nitrogens is 1. The molecule has 1 atom stereocenters. The lowest BCUT2D eigenvalue weighted by Crippen LogP contribution is -2.36. The number of aromatic amines is 1. The number of likely N-dealkylation sites (N-methyl/N-ethyl adjacent to an activating group) is 1. The molecule has 0 saturated carbocycles. The highest BCUT2D eigenvalue weighted by Crippen LogP contribution is 2.29. The van der Waals surface area contributed by atoms with E-state index in [4.69, 9.17) is 14.2 Å². The Morgan fingerprint density at radius 2 is 1.97 bits per heavy atom. The van der Waals surface area contributed by atoms with E-state index in [1.54, 1.807) is 25.1 Å². The van der Waals surface area contributed by atoms with Crippen LogP contribution in [-0.4, -0.2) is 47.8 Å². The predicted octanol–water partition coefficient (Wildman–Crippen LogP) is 3.07. The summed E-state index contributed by atoms with van der Waals surface area (Å²) in [7, 11) is 3.35. The van der Waals surface area contributed by atoms with Gasteiger partial charge in [-0.25, -0.2) is 0 Å². The minimum Gasteiger partial charge on any atom is -0.493 e. The van der Waals surface area contributed by atoms with Gasteiger partial charge >= 0.3 is 0 Å². The zero-order valence-corrected chi connectivity index (χ0v) is 16.4. The van der Waals surface area contributed by atoms with Crippen molar-refractivity contribution >= 4 is 5.91 Å². The minimum absolute atomic E-state index is 0.0476. The molecule has 0 unspecified atom stereocenters. The number of amides is 1. The summed E-state index contributed by atoms with van der Waals surface area (Å²) in [6.07, 6.45) is 0.750. The molecule has 0 bridgehead atoms. The van der Waals surface area contributed by atoms with Gasteiger partial charge in [-0.05, 0) is 29.8 Å². The van der Waals surface area contributed by atoms with Crippen LogP contribution in [0.2, 0.25) is 0 Å². The van der Waals surface area contributed by atoms with E-state index in [1.165, 1.54) is 5.56 Å². The van der Waals surface area contributed by atoms with Gasteiger partial charge in [-0.15, -0.1) is 0 Å². The molecule has 29 heavy (non-hydrogen) atoms. The van der Waals surface area contributed by atoms with Crippen molar-refractivity contribution in [1.82, 2.24) is 15.1 Å². The summed E-state index contributed by atoms with van der Waals surface area (Å²) in [6.45, 7) is 0.749. The first-order valence-corrected chi connectivity index (χ1v) is 9.44. The lowest BCUT2D eigenvalue weighted by molar-refractivity contribution is 0.0724. The summed E-state index contributed by atoms with van der Waals surface area (Å²) in [6, 6.07) is 17.1. The van der Waals surface area contributed by atoms with Crippen LogP contribution in [0.25, 0.3) is 0 Å². The Morgan fingerprint density at radius 3 is 2.76 bits per heavy atom. The predicted molar refractivity (Wildman–Crippen MR) is 107 cm³/mol. The second-order valence-electron chi connectivity index (χ2n) is 6.96. The van der Waals surface area contributed by atoms with E-state index in [1.807, 2.05) is 42.5 Å². The van der Waals surface area contributed by atoms with Gasteiger partial charge in [0.1, 0.15) is 18.5 Å². The summed E-state index contributed by atoms with van der Waals surface area (Å²) in [5, 5.41) is 7.00. The highest BCUT2D eigenvalue weighted by molar-refractivity contribution is 5.92. The van der Waals surface area contributed by atoms with Gasteiger partial charge in [-0.3, -0.25) is 9.89 Å². The van der Waals surface area contributed by atoms with Crippen LogP contribution in [0.3, 0.4) is 0 Å². The average molecular weight is 393 g/mol. The van der Waals surface area contributed by atoms with Crippen LogP contribution >= 0.6 is 0 Å². The number of carbonyl (C=O) groups excluding carboxylic acids is 1. The quantitative estimate of drug-likeness (QED) is 0.668. The van der Waals surface area contributed by atoms with E-state index in [9.17, 15) is 4.79 Å². The van der Waals surface area contributed by atoms with E-state index >= 15 is 0 Å². The molecule has 0 aliphatic carbocycles.